The van der Waals surface area contributed by atoms with E-state index in [2.05, 4.69) is 9.94 Å². The Morgan fingerprint density at radius 3 is 2.42 bits per heavy atom. The van der Waals surface area contributed by atoms with Gasteiger partial charge in [0, 0.05) is 24.7 Å². The Balaban J connectivity index is 2.15. The van der Waals surface area contributed by atoms with E-state index in [1.165, 1.54) is 54.4 Å². The first kappa shape index (κ1) is 26.8. The molecule has 0 saturated heterocycles. The number of alkyl halides is 3. The summed E-state index contributed by atoms with van der Waals surface area (Å²) in [4.78, 5) is 29.6. The number of rotatable bonds is 7. The van der Waals surface area contributed by atoms with Crippen molar-refractivity contribution >= 4 is 29.2 Å². The standard InChI is InChI=1S/C23H22ClF3N4O5/c1-13-10-14(4-6-18(13)34-3)21(32)31(36-22(33)23(25,26)27)15-5-7-19(35-9-8-28)16(11-15)20-17(24)12-29-30(20)2/h4-7,10-12H,8-9,28H2,1-3H3. The average molecular weight is 527 g/mol. The smallest absolute Gasteiger partial charge is 0.493 e. The number of carbonyl (C=O) groups is 2. The number of nitrogens with two attached hydrogens (primary N) is 1. The van der Waals surface area contributed by atoms with Crippen LogP contribution in [0.5, 0.6) is 11.5 Å². The molecule has 0 saturated carbocycles. The van der Waals surface area contributed by atoms with Crippen molar-refractivity contribution < 1.29 is 37.1 Å². The first-order valence-electron chi connectivity index (χ1n) is 10.4. The van der Waals surface area contributed by atoms with Gasteiger partial charge in [-0.1, -0.05) is 11.6 Å². The molecule has 0 aliphatic carbocycles. The maximum atomic E-state index is 13.3. The molecule has 13 heteroatoms. The quantitative estimate of drug-likeness (QED) is 0.462. The van der Waals surface area contributed by atoms with Crippen molar-refractivity contribution in [1.82, 2.24) is 9.78 Å². The molecule has 0 radical (unpaired) electrons. The highest BCUT2D eigenvalue weighted by atomic mass is 35.5. The molecule has 0 aliphatic heterocycles. The van der Waals surface area contributed by atoms with Gasteiger partial charge >= 0.3 is 12.1 Å². The summed E-state index contributed by atoms with van der Waals surface area (Å²) in [5.41, 5.74) is 6.44. The number of carbonyl (C=O) groups excluding carboxylic acids is 2. The molecule has 9 nitrogen and oxygen atoms in total. The molecule has 3 rings (SSSR count). The highest BCUT2D eigenvalue weighted by Crippen LogP contribution is 2.38. The Labute approximate surface area is 209 Å². The summed E-state index contributed by atoms with van der Waals surface area (Å²) in [6.07, 6.45) is -3.99. The van der Waals surface area contributed by atoms with Crippen molar-refractivity contribution in [2.24, 2.45) is 12.8 Å². The number of anilines is 1. The van der Waals surface area contributed by atoms with Crippen molar-refractivity contribution in [3.63, 3.8) is 0 Å². The van der Waals surface area contributed by atoms with Crippen LogP contribution < -0.4 is 20.3 Å². The summed E-state index contributed by atoms with van der Waals surface area (Å²) in [7, 11) is 3.02. The van der Waals surface area contributed by atoms with Crippen molar-refractivity contribution in [2.45, 2.75) is 13.1 Å². The van der Waals surface area contributed by atoms with E-state index in [-0.39, 0.29) is 45.8 Å². The third kappa shape index (κ3) is 5.71. The molecule has 0 spiro atoms. The second-order valence-electron chi connectivity index (χ2n) is 7.44. The largest absolute Gasteiger partial charge is 0.496 e. The molecule has 36 heavy (non-hydrogen) atoms. The second kappa shape index (κ2) is 10.9. The molecule has 2 aromatic carbocycles. The molecule has 0 bridgehead atoms. The summed E-state index contributed by atoms with van der Waals surface area (Å²) in [6, 6.07) is 8.15. The van der Waals surface area contributed by atoms with E-state index in [0.29, 0.717) is 17.0 Å². The zero-order chi connectivity index (χ0) is 26.6. The Morgan fingerprint density at radius 1 is 1.17 bits per heavy atom. The molecular formula is C23H22ClF3N4O5. The van der Waals surface area contributed by atoms with Gasteiger partial charge in [-0.15, -0.1) is 5.06 Å². The Kier molecular flexibility index (Phi) is 8.10. The number of nitrogens with zero attached hydrogens (tertiary/aromatic N) is 3. The maximum Gasteiger partial charge on any atom is 0.493 e. The first-order chi connectivity index (χ1) is 17.0. The molecule has 1 heterocycles. The molecule has 0 fully saturated rings. The van der Waals surface area contributed by atoms with Gasteiger partial charge < -0.3 is 20.0 Å². The van der Waals surface area contributed by atoms with Gasteiger partial charge in [-0.05, 0) is 48.9 Å². The van der Waals surface area contributed by atoms with Crippen LogP contribution in [0.1, 0.15) is 15.9 Å². The van der Waals surface area contributed by atoms with Gasteiger partial charge in [-0.3, -0.25) is 9.48 Å². The number of methoxy groups -OCH3 is 1. The van der Waals surface area contributed by atoms with Crippen LogP contribution >= 0.6 is 11.6 Å². The van der Waals surface area contributed by atoms with E-state index in [1.54, 1.807) is 14.0 Å². The number of hydrogen-bond donors (Lipinski definition) is 1. The molecular weight excluding hydrogens is 505 g/mol. The van der Waals surface area contributed by atoms with Gasteiger partial charge in [-0.25, -0.2) is 4.79 Å². The lowest BCUT2D eigenvalue weighted by Gasteiger charge is -2.23. The van der Waals surface area contributed by atoms with Gasteiger partial charge in [0.25, 0.3) is 5.91 Å². The topological polar surface area (TPSA) is 109 Å². The highest BCUT2D eigenvalue weighted by molar-refractivity contribution is 6.33. The number of aryl methyl sites for hydroxylation is 2. The summed E-state index contributed by atoms with van der Waals surface area (Å²) >= 11 is 6.28. The molecule has 0 aliphatic rings. The number of halogens is 4. The predicted molar refractivity (Wildman–Crippen MR) is 125 cm³/mol. The molecule has 192 valence electrons. The monoisotopic (exact) mass is 526 g/mol. The summed E-state index contributed by atoms with van der Waals surface area (Å²) in [6.45, 7) is 1.96. The van der Waals surface area contributed by atoms with Gasteiger partial charge in [-0.2, -0.15) is 18.3 Å². The molecule has 0 unspecified atom stereocenters. The zero-order valence-corrected chi connectivity index (χ0v) is 20.2. The molecule has 3 aromatic rings. The Bertz CT molecular complexity index is 1260. The number of benzene rings is 2. The van der Waals surface area contributed by atoms with Crippen LogP contribution in [0.15, 0.2) is 42.6 Å². The summed E-state index contributed by atoms with van der Waals surface area (Å²) in [5.74, 6) is -2.88. The van der Waals surface area contributed by atoms with Crippen molar-refractivity contribution in [1.29, 1.82) is 0 Å². The van der Waals surface area contributed by atoms with Crippen LogP contribution in [0.2, 0.25) is 5.02 Å². The molecule has 1 aromatic heterocycles. The number of aromatic nitrogens is 2. The van der Waals surface area contributed by atoms with Gasteiger partial charge in [0.15, 0.2) is 0 Å². The molecule has 1 amide bonds. The molecule has 2 N–H and O–H groups in total. The van der Waals surface area contributed by atoms with Crippen LogP contribution in [-0.2, 0) is 16.7 Å². The highest BCUT2D eigenvalue weighted by Gasteiger charge is 2.44. The van der Waals surface area contributed by atoms with E-state index in [4.69, 9.17) is 26.8 Å². The normalized spacial score (nSPS) is 11.2. The first-order valence-corrected chi connectivity index (χ1v) is 10.8. The average Bonchev–Trinajstić information content (AvgIpc) is 3.17. The lowest BCUT2D eigenvalue weighted by atomic mass is 10.1. The Hall–Kier alpha value is -3.77. The zero-order valence-electron chi connectivity index (χ0n) is 19.4. The third-order valence-electron chi connectivity index (χ3n) is 4.95. The number of ether oxygens (including phenoxy) is 2. The fourth-order valence-electron chi connectivity index (χ4n) is 3.31. The van der Waals surface area contributed by atoms with E-state index in [9.17, 15) is 22.8 Å². The fourth-order valence-corrected chi connectivity index (χ4v) is 3.58. The van der Waals surface area contributed by atoms with E-state index < -0.39 is 18.1 Å². The predicted octanol–water partition coefficient (Wildman–Crippen LogP) is 4.06. The maximum absolute atomic E-state index is 13.3. The minimum Gasteiger partial charge on any atom is -0.496 e. The van der Waals surface area contributed by atoms with Crippen molar-refractivity contribution in [2.75, 3.05) is 25.3 Å². The number of hydrogen-bond acceptors (Lipinski definition) is 7. The van der Waals surface area contributed by atoms with Crippen LogP contribution in [0.4, 0.5) is 18.9 Å². The minimum absolute atomic E-state index is 0.0492. The van der Waals surface area contributed by atoms with E-state index in [1.807, 2.05) is 0 Å². The third-order valence-corrected chi connectivity index (χ3v) is 5.23. The summed E-state index contributed by atoms with van der Waals surface area (Å²) in [5, 5.41) is 4.53. The van der Waals surface area contributed by atoms with Gasteiger partial charge in [0.1, 0.15) is 18.1 Å². The molecule has 0 atom stereocenters. The minimum atomic E-state index is -5.35. The Morgan fingerprint density at radius 2 is 1.86 bits per heavy atom. The second-order valence-corrected chi connectivity index (χ2v) is 7.85. The van der Waals surface area contributed by atoms with Crippen LogP contribution in [0.3, 0.4) is 0 Å². The van der Waals surface area contributed by atoms with Gasteiger partial charge in [0.2, 0.25) is 0 Å². The van der Waals surface area contributed by atoms with Crippen molar-refractivity contribution in [3.05, 3.63) is 58.7 Å². The lowest BCUT2D eigenvalue weighted by molar-refractivity contribution is -0.199. The summed E-state index contributed by atoms with van der Waals surface area (Å²) < 4.78 is 51.4. The number of hydroxylamine groups is 1. The van der Waals surface area contributed by atoms with E-state index >= 15 is 0 Å². The SMILES string of the molecule is COc1ccc(C(=O)N(OC(=O)C(F)(F)F)c2ccc(OCCN)c(-c3c(Cl)cnn3C)c2)cc1C. The van der Waals surface area contributed by atoms with Crippen LogP contribution in [0, 0.1) is 6.92 Å². The van der Waals surface area contributed by atoms with Crippen LogP contribution in [0.25, 0.3) is 11.3 Å². The van der Waals surface area contributed by atoms with Crippen LogP contribution in [-0.4, -0.2) is 48.1 Å². The van der Waals surface area contributed by atoms with Gasteiger partial charge in [0.05, 0.1) is 29.7 Å². The van der Waals surface area contributed by atoms with E-state index in [0.717, 1.165) is 0 Å². The lowest BCUT2D eigenvalue weighted by Crippen LogP contribution is -2.38. The van der Waals surface area contributed by atoms with Crippen molar-refractivity contribution in [3.8, 4) is 22.8 Å². The number of amides is 1. The fraction of sp³-hybridized carbons (Fsp3) is 0.261.